The number of rotatable bonds is 4. The quantitative estimate of drug-likeness (QED) is 0.819. The Bertz CT molecular complexity index is 391. The predicted molar refractivity (Wildman–Crippen MR) is 63.5 cm³/mol. The molecule has 0 spiro atoms. The van der Waals surface area contributed by atoms with E-state index in [0.29, 0.717) is 16.1 Å². The second-order valence-electron chi connectivity index (χ2n) is 4.02. The summed E-state index contributed by atoms with van der Waals surface area (Å²) in [4.78, 5) is 11.1. The lowest BCUT2D eigenvalue weighted by Gasteiger charge is -2.15. The summed E-state index contributed by atoms with van der Waals surface area (Å²) in [6, 6.07) is 4.03. The van der Waals surface area contributed by atoms with E-state index in [9.17, 15) is 9.18 Å². The minimum Gasteiger partial charge on any atom is -0.478 e. The van der Waals surface area contributed by atoms with Gasteiger partial charge in [0.1, 0.15) is 5.82 Å². The molecule has 0 heterocycles. The Kier molecular flexibility index (Phi) is 4.35. The van der Waals surface area contributed by atoms with Crippen LogP contribution in [0.5, 0.6) is 0 Å². The van der Waals surface area contributed by atoms with E-state index in [0.717, 1.165) is 6.07 Å². The van der Waals surface area contributed by atoms with Crippen molar-refractivity contribution in [2.45, 2.75) is 30.9 Å². The van der Waals surface area contributed by atoms with Crippen LogP contribution in [0.2, 0.25) is 0 Å². The maximum Gasteiger partial charge on any atom is 0.335 e. The Morgan fingerprint density at radius 3 is 2.44 bits per heavy atom. The first kappa shape index (κ1) is 13.0. The van der Waals surface area contributed by atoms with E-state index in [1.165, 1.54) is 23.9 Å². The van der Waals surface area contributed by atoms with Crippen LogP contribution in [0.3, 0.4) is 0 Å². The van der Waals surface area contributed by atoms with Crippen molar-refractivity contribution in [3.8, 4) is 0 Å². The Hall–Kier alpha value is -1.03. The normalized spacial score (nSPS) is 12.8. The lowest BCUT2D eigenvalue weighted by atomic mass is 10.2. The van der Waals surface area contributed by atoms with Gasteiger partial charge in [-0.1, -0.05) is 20.8 Å². The van der Waals surface area contributed by atoms with Gasteiger partial charge >= 0.3 is 5.97 Å². The zero-order valence-corrected chi connectivity index (χ0v) is 10.3. The SMILES string of the molecule is CC(C)C(C)Sc1ccc(C(=O)O)cc1F. The average Bonchev–Trinajstić information content (AvgIpc) is 2.20. The molecular formula is C12H15FO2S. The first-order valence-electron chi connectivity index (χ1n) is 5.11. The Labute approximate surface area is 98.9 Å². The Morgan fingerprint density at radius 2 is 2.00 bits per heavy atom. The molecule has 16 heavy (non-hydrogen) atoms. The van der Waals surface area contributed by atoms with Crippen LogP contribution in [0.4, 0.5) is 4.39 Å². The van der Waals surface area contributed by atoms with Gasteiger partial charge in [-0.05, 0) is 24.1 Å². The zero-order chi connectivity index (χ0) is 12.3. The molecule has 0 fully saturated rings. The molecule has 0 bridgehead atoms. The third-order valence-corrected chi connectivity index (χ3v) is 3.93. The number of carboxylic acids is 1. The largest absolute Gasteiger partial charge is 0.478 e. The number of thioether (sulfide) groups is 1. The van der Waals surface area contributed by atoms with E-state index in [-0.39, 0.29) is 5.56 Å². The summed E-state index contributed by atoms with van der Waals surface area (Å²) in [7, 11) is 0. The highest BCUT2D eigenvalue weighted by Gasteiger charge is 2.13. The van der Waals surface area contributed by atoms with Crippen molar-refractivity contribution in [3.63, 3.8) is 0 Å². The van der Waals surface area contributed by atoms with Crippen molar-refractivity contribution in [3.05, 3.63) is 29.6 Å². The smallest absolute Gasteiger partial charge is 0.335 e. The van der Waals surface area contributed by atoms with Gasteiger partial charge in [0.25, 0.3) is 0 Å². The molecular weight excluding hydrogens is 227 g/mol. The maximum atomic E-state index is 13.6. The van der Waals surface area contributed by atoms with E-state index >= 15 is 0 Å². The maximum absolute atomic E-state index is 13.6. The van der Waals surface area contributed by atoms with E-state index in [4.69, 9.17) is 5.11 Å². The van der Waals surface area contributed by atoms with Crippen molar-refractivity contribution in [2.24, 2.45) is 5.92 Å². The molecule has 88 valence electrons. The standard InChI is InChI=1S/C12H15FO2S/c1-7(2)8(3)16-11-5-4-9(12(14)15)6-10(11)13/h4-8H,1-3H3,(H,14,15). The fourth-order valence-electron chi connectivity index (χ4n) is 1.07. The molecule has 0 radical (unpaired) electrons. The van der Waals surface area contributed by atoms with Crippen molar-refractivity contribution in [2.75, 3.05) is 0 Å². The molecule has 1 unspecified atom stereocenters. The van der Waals surface area contributed by atoms with Crippen LogP contribution in [0.1, 0.15) is 31.1 Å². The van der Waals surface area contributed by atoms with Gasteiger partial charge in [0.05, 0.1) is 5.56 Å². The van der Waals surface area contributed by atoms with Gasteiger partial charge in [-0.2, -0.15) is 0 Å². The van der Waals surface area contributed by atoms with Crippen LogP contribution in [0, 0.1) is 11.7 Å². The van der Waals surface area contributed by atoms with Crippen molar-refractivity contribution in [1.82, 2.24) is 0 Å². The van der Waals surface area contributed by atoms with Gasteiger partial charge in [-0.15, -0.1) is 11.8 Å². The molecule has 0 aliphatic heterocycles. The molecule has 0 aliphatic rings. The van der Waals surface area contributed by atoms with Crippen molar-refractivity contribution >= 4 is 17.7 Å². The summed E-state index contributed by atoms with van der Waals surface area (Å²) in [5.74, 6) is -1.12. The molecule has 1 aromatic carbocycles. The van der Waals surface area contributed by atoms with Crippen molar-refractivity contribution in [1.29, 1.82) is 0 Å². The monoisotopic (exact) mass is 242 g/mol. The highest BCUT2D eigenvalue weighted by Crippen LogP contribution is 2.30. The predicted octanol–water partition coefficient (Wildman–Crippen LogP) is 3.66. The molecule has 1 rings (SSSR count). The van der Waals surface area contributed by atoms with Gasteiger partial charge in [-0.25, -0.2) is 9.18 Å². The van der Waals surface area contributed by atoms with Crippen LogP contribution < -0.4 is 0 Å². The minimum absolute atomic E-state index is 0.0148. The highest BCUT2D eigenvalue weighted by atomic mass is 32.2. The van der Waals surface area contributed by atoms with Crippen LogP contribution in [-0.2, 0) is 0 Å². The van der Waals surface area contributed by atoms with Crippen LogP contribution >= 0.6 is 11.8 Å². The van der Waals surface area contributed by atoms with E-state index in [1.54, 1.807) is 0 Å². The Morgan fingerprint density at radius 1 is 1.38 bits per heavy atom. The third kappa shape index (κ3) is 3.23. The number of hydrogen-bond acceptors (Lipinski definition) is 2. The van der Waals surface area contributed by atoms with Crippen LogP contribution in [-0.4, -0.2) is 16.3 Å². The number of carboxylic acid groups (broad SMARTS) is 1. The topological polar surface area (TPSA) is 37.3 Å². The van der Waals surface area contributed by atoms with Gasteiger partial charge in [0, 0.05) is 10.1 Å². The summed E-state index contributed by atoms with van der Waals surface area (Å²) in [5, 5.41) is 8.99. The molecule has 1 aromatic rings. The molecule has 0 aromatic heterocycles. The molecule has 2 nitrogen and oxygen atoms in total. The molecule has 0 amide bonds. The summed E-state index contributed by atoms with van der Waals surface area (Å²) in [6.07, 6.45) is 0. The number of carbonyl (C=O) groups is 1. The molecule has 1 atom stereocenters. The number of benzene rings is 1. The van der Waals surface area contributed by atoms with E-state index in [2.05, 4.69) is 13.8 Å². The van der Waals surface area contributed by atoms with E-state index in [1.807, 2.05) is 6.92 Å². The average molecular weight is 242 g/mol. The van der Waals surface area contributed by atoms with Crippen molar-refractivity contribution < 1.29 is 14.3 Å². The highest BCUT2D eigenvalue weighted by molar-refractivity contribution is 8.00. The molecule has 4 heteroatoms. The zero-order valence-electron chi connectivity index (χ0n) is 9.53. The molecule has 0 saturated heterocycles. The second kappa shape index (κ2) is 5.34. The third-order valence-electron chi connectivity index (χ3n) is 2.43. The fraction of sp³-hybridized carbons (Fsp3) is 0.417. The Balaban J connectivity index is 2.87. The lowest BCUT2D eigenvalue weighted by molar-refractivity contribution is 0.0696. The number of halogens is 1. The molecule has 0 aliphatic carbocycles. The van der Waals surface area contributed by atoms with Crippen LogP contribution in [0.15, 0.2) is 23.1 Å². The molecule has 0 saturated carbocycles. The first-order chi connectivity index (χ1) is 7.41. The summed E-state index contributed by atoms with van der Waals surface area (Å²) in [5.41, 5.74) is -0.0148. The molecule has 1 N–H and O–H groups in total. The summed E-state index contributed by atoms with van der Waals surface area (Å²) in [6.45, 7) is 6.17. The van der Waals surface area contributed by atoms with Gasteiger partial charge < -0.3 is 5.11 Å². The lowest BCUT2D eigenvalue weighted by Crippen LogP contribution is -2.06. The fourth-order valence-corrected chi connectivity index (χ4v) is 2.06. The second-order valence-corrected chi connectivity index (χ2v) is 5.44. The van der Waals surface area contributed by atoms with Gasteiger partial charge in [0.15, 0.2) is 0 Å². The summed E-state index contributed by atoms with van der Waals surface area (Å²) >= 11 is 1.43. The van der Waals surface area contributed by atoms with Gasteiger partial charge in [-0.3, -0.25) is 0 Å². The van der Waals surface area contributed by atoms with E-state index < -0.39 is 11.8 Å². The first-order valence-corrected chi connectivity index (χ1v) is 5.99. The minimum atomic E-state index is -1.10. The summed E-state index contributed by atoms with van der Waals surface area (Å²) < 4.78 is 13.6. The number of hydrogen-bond donors (Lipinski definition) is 1. The van der Waals surface area contributed by atoms with Crippen LogP contribution in [0.25, 0.3) is 0 Å². The van der Waals surface area contributed by atoms with Gasteiger partial charge in [0.2, 0.25) is 0 Å². The number of aromatic carboxylic acids is 1.